The second-order valence-electron chi connectivity index (χ2n) is 19.1. The highest BCUT2D eigenvalue weighted by Crippen LogP contribution is 2.21. The van der Waals surface area contributed by atoms with Crippen LogP contribution >= 0.6 is 0 Å². The first-order chi connectivity index (χ1) is 34.5. The second kappa shape index (κ2) is 29.3. The molecule has 0 spiro atoms. The van der Waals surface area contributed by atoms with Gasteiger partial charge in [-0.15, -0.1) is 0 Å². The molecule has 1 saturated heterocycles. The van der Waals surface area contributed by atoms with Gasteiger partial charge in [0.1, 0.15) is 54.1 Å². The summed E-state index contributed by atoms with van der Waals surface area (Å²) in [5.41, 5.74) is 17.0. The van der Waals surface area contributed by atoms with E-state index in [1.54, 1.807) is 41.5 Å². The molecule has 0 bridgehead atoms. The van der Waals surface area contributed by atoms with Crippen molar-refractivity contribution in [3.05, 3.63) is 29.8 Å². The lowest BCUT2D eigenvalue weighted by molar-refractivity contribution is -0.149. The molecule has 1 aromatic carbocycles. The lowest BCUT2D eigenvalue weighted by atomic mass is 9.96. The number of nitrogens with zero attached hydrogens (tertiary/aromatic N) is 1. The van der Waals surface area contributed by atoms with Gasteiger partial charge in [0.25, 0.3) is 0 Å². The summed E-state index contributed by atoms with van der Waals surface area (Å²) in [6, 6.07) is -8.48. The van der Waals surface area contributed by atoms with Crippen molar-refractivity contribution in [3.8, 4) is 5.75 Å². The molecule has 11 atom stereocenters. The Morgan fingerprint density at radius 3 is 1.54 bits per heavy atom. The monoisotopic (exact) mass is 1050 g/mol. The fourth-order valence-corrected chi connectivity index (χ4v) is 7.83. The third-order valence-corrected chi connectivity index (χ3v) is 12.1. The van der Waals surface area contributed by atoms with E-state index >= 15 is 0 Å². The number of aromatic hydroxyl groups is 1. The average molecular weight is 1050 g/mol. The maximum absolute atomic E-state index is 14.0. The Hall–Kier alpha value is -7.42. The predicted molar refractivity (Wildman–Crippen MR) is 261 cm³/mol. The van der Waals surface area contributed by atoms with Crippen molar-refractivity contribution >= 4 is 71.0 Å². The van der Waals surface area contributed by atoms with Crippen LogP contribution in [0.5, 0.6) is 5.75 Å². The summed E-state index contributed by atoms with van der Waals surface area (Å²) in [5.74, 6) is -14.8. The van der Waals surface area contributed by atoms with Crippen molar-refractivity contribution in [2.75, 3.05) is 6.54 Å². The van der Waals surface area contributed by atoms with Crippen molar-refractivity contribution < 1.29 is 78.0 Å². The summed E-state index contributed by atoms with van der Waals surface area (Å²) in [5, 5.41) is 56.0. The summed E-state index contributed by atoms with van der Waals surface area (Å²) in [4.78, 5) is 158. The fraction of sp³-hybridized carbons (Fsp3) is 0.617. The van der Waals surface area contributed by atoms with Gasteiger partial charge in [0.2, 0.25) is 59.1 Å². The van der Waals surface area contributed by atoms with E-state index in [4.69, 9.17) is 22.3 Å². The number of primary amides is 2. The second-order valence-corrected chi connectivity index (χ2v) is 19.1. The van der Waals surface area contributed by atoms with Crippen molar-refractivity contribution in [3.63, 3.8) is 0 Å². The van der Waals surface area contributed by atoms with Gasteiger partial charge < -0.3 is 79.7 Å². The predicted octanol–water partition coefficient (Wildman–Crippen LogP) is -3.91. The number of hydrogen-bond acceptors (Lipinski definition) is 15. The molecule has 2 rings (SSSR count). The number of carboxylic acid groups (broad SMARTS) is 2. The number of carbonyl (C=O) groups is 12. The Morgan fingerprint density at radius 2 is 1.08 bits per heavy atom. The SMILES string of the molecule is CC[C@H](C)[C@H](NC(=O)[C@H](Cc1ccc(O)cc1)NC(=O)[C@@H](N)CC(=O)O)C(=O)N[C@@H](CC(N)=O)C(=O)N[C@H](C(=O)N[C@@H](CC(N)=O)C(=O)N[C@H](C(=O)N[C@@H](CC(C)C)C(=O)N1CCC[C@H]1C(=O)O)C(C)C)[C@@H](C)O. The molecule has 1 aliphatic heterocycles. The van der Waals surface area contributed by atoms with Crippen LogP contribution in [-0.2, 0) is 64.0 Å². The lowest BCUT2D eigenvalue weighted by Crippen LogP contribution is -2.63. The summed E-state index contributed by atoms with van der Waals surface area (Å²) in [6.07, 6.45) is -3.60. The van der Waals surface area contributed by atoms with Gasteiger partial charge in [-0.1, -0.05) is 60.1 Å². The molecular weight excluding hydrogens is 975 g/mol. The number of aliphatic hydroxyl groups excluding tert-OH is 1. The highest BCUT2D eigenvalue weighted by atomic mass is 16.4. The molecule has 74 heavy (non-hydrogen) atoms. The number of nitrogens with one attached hydrogen (secondary N) is 7. The lowest BCUT2D eigenvalue weighted by Gasteiger charge is -2.31. The highest BCUT2D eigenvalue weighted by molar-refractivity contribution is 6.00. The maximum Gasteiger partial charge on any atom is 0.326 e. The molecule has 0 radical (unpaired) electrons. The molecule has 1 aromatic rings. The van der Waals surface area contributed by atoms with Crippen LogP contribution in [0.25, 0.3) is 0 Å². The first kappa shape index (κ1) is 62.7. The first-order valence-corrected chi connectivity index (χ1v) is 24.1. The smallest absolute Gasteiger partial charge is 0.326 e. The van der Waals surface area contributed by atoms with Crippen LogP contribution in [0, 0.1) is 17.8 Å². The molecule has 17 N–H and O–H groups in total. The molecule has 1 aliphatic rings. The minimum Gasteiger partial charge on any atom is -0.508 e. The molecule has 27 nitrogen and oxygen atoms in total. The van der Waals surface area contributed by atoms with E-state index in [-0.39, 0.29) is 43.9 Å². The Bertz CT molecular complexity index is 2210. The third-order valence-electron chi connectivity index (χ3n) is 12.1. The number of rotatable bonds is 30. The zero-order valence-electron chi connectivity index (χ0n) is 42.5. The average Bonchev–Trinajstić information content (AvgIpc) is 3.80. The molecule has 0 aromatic heterocycles. The minimum absolute atomic E-state index is 0.108. The van der Waals surface area contributed by atoms with Crippen LogP contribution in [0.1, 0.15) is 99.0 Å². The number of phenols is 1. The van der Waals surface area contributed by atoms with Gasteiger partial charge in [0.15, 0.2) is 0 Å². The minimum atomic E-state index is -1.98. The van der Waals surface area contributed by atoms with E-state index in [1.165, 1.54) is 29.2 Å². The first-order valence-electron chi connectivity index (χ1n) is 24.1. The van der Waals surface area contributed by atoms with E-state index in [1.807, 2.05) is 0 Å². The number of nitrogens with two attached hydrogens (primary N) is 3. The number of aliphatic hydroxyl groups is 1. The van der Waals surface area contributed by atoms with Crippen LogP contribution < -0.4 is 54.4 Å². The Kier molecular flexibility index (Phi) is 24.8. The van der Waals surface area contributed by atoms with E-state index in [2.05, 4.69) is 37.2 Å². The van der Waals surface area contributed by atoms with E-state index in [0.717, 1.165) is 6.92 Å². The van der Waals surface area contributed by atoms with Gasteiger partial charge in [-0.25, -0.2) is 4.79 Å². The summed E-state index contributed by atoms with van der Waals surface area (Å²) < 4.78 is 0. The summed E-state index contributed by atoms with van der Waals surface area (Å²) >= 11 is 0. The van der Waals surface area contributed by atoms with E-state index in [0.29, 0.717) is 12.0 Å². The zero-order valence-corrected chi connectivity index (χ0v) is 42.5. The number of amides is 10. The largest absolute Gasteiger partial charge is 0.508 e. The Labute approximate surface area is 427 Å². The highest BCUT2D eigenvalue weighted by Gasteiger charge is 2.41. The van der Waals surface area contributed by atoms with Gasteiger partial charge in [0.05, 0.1) is 31.4 Å². The quantitative estimate of drug-likeness (QED) is 0.0350. The molecule has 1 fully saturated rings. The van der Waals surface area contributed by atoms with Gasteiger partial charge >= 0.3 is 11.9 Å². The maximum atomic E-state index is 14.0. The van der Waals surface area contributed by atoms with Crippen molar-refractivity contribution in [2.24, 2.45) is 35.0 Å². The number of likely N-dealkylation sites (tertiary alicyclic amines) is 1. The van der Waals surface area contributed by atoms with Crippen LogP contribution in [-0.4, -0.2) is 163 Å². The van der Waals surface area contributed by atoms with Gasteiger partial charge in [-0.3, -0.25) is 52.7 Å². The summed E-state index contributed by atoms with van der Waals surface area (Å²) in [6.45, 7) is 11.1. The molecule has 0 saturated carbocycles. The number of hydrogen-bond donors (Lipinski definition) is 14. The van der Waals surface area contributed by atoms with E-state index in [9.17, 15) is 72.9 Å². The molecule has 412 valence electrons. The van der Waals surface area contributed by atoms with Crippen molar-refractivity contribution in [1.29, 1.82) is 0 Å². The number of carbonyl (C=O) groups excluding carboxylic acids is 10. The van der Waals surface area contributed by atoms with Crippen LogP contribution in [0.3, 0.4) is 0 Å². The Balaban J connectivity index is 2.37. The summed E-state index contributed by atoms with van der Waals surface area (Å²) in [7, 11) is 0. The van der Waals surface area contributed by atoms with Crippen molar-refractivity contribution in [2.45, 2.75) is 160 Å². The molecule has 0 aliphatic carbocycles. The molecular formula is C47H73N11O16. The molecule has 10 amide bonds. The molecule has 1 heterocycles. The van der Waals surface area contributed by atoms with Crippen molar-refractivity contribution in [1.82, 2.24) is 42.1 Å². The number of aliphatic carboxylic acids is 2. The number of benzene rings is 1. The molecule has 27 heteroatoms. The van der Waals surface area contributed by atoms with Gasteiger partial charge in [-0.2, -0.15) is 0 Å². The normalized spacial score (nSPS) is 17.3. The number of carboxylic acids is 2. The van der Waals surface area contributed by atoms with Gasteiger partial charge in [0, 0.05) is 13.0 Å². The Morgan fingerprint density at radius 1 is 0.622 bits per heavy atom. The van der Waals surface area contributed by atoms with Gasteiger partial charge in [-0.05, 0) is 61.6 Å². The van der Waals surface area contributed by atoms with Crippen LogP contribution in [0.4, 0.5) is 0 Å². The van der Waals surface area contributed by atoms with E-state index < -0.39 is 163 Å². The number of phenolic OH excluding ortho intramolecular Hbond substituents is 1. The topological polar surface area (TPSA) is 451 Å². The fourth-order valence-electron chi connectivity index (χ4n) is 7.83. The third kappa shape index (κ3) is 19.9. The van der Waals surface area contributed by atoms with Crippen LogP contribution in [0.2, 0.25) is 0 Å². The molecule has 0 unspecified atom stereocenters. The van der Waals surface area contributed by atoms with Crippen LogP contribution in [0.15, 0.2) is 24.3 Å². The standard InChI is InChI=1S/C47H73N11O16/c1-8-23(6)37(56-40(66)28(17-25-11-13-26(60)14-12-25)51-39(65)27(48)18-35(63)64)44(70)52-30(20-34(50)62)42(68)57-38(24(7)59)45(71)53-29(19-33(49)61)41(67)55-36(22(4)5)43(69)54-31(16-21(2)3)46(72)58-15-9-10-32(58)47(73)74/h11-14,21-24,27-32,36-38,59-60H,8-10,15-20,48H2,1-7H3,(H2,49,61)(H2,50,62)(H,51,65)(H,52,70)(H,53,71)(H,54,69)(H,55,67)(H,56,66)(H,57,68)(H,63,64)(H,73,74)/t23-,24+,27-,28-,29-,30-,31-,32-,36-,37-,38-/m0/s1. The zero-order chi connectivity index (χ0) is 56.3.